The molecule has 4 nitrogen and oxygen atoms in total. The van der Waals surface area contributed by atoms with Gasteiger partial charge < -0.3 is 5.32 Å². The van der Waals surface area contributed by atoms with Crippen molar-refractivity contribution in [3.05, 3.63) is 82.0 Å². The van der Waals surface area contributed by atoms with Crippen LogP contribution in [0.15, 0.2) is 66.0 Å². The zero-order valence-electron chi connectivity index (χ0n) is 15.4. The van der Waals surface area contributed by atoms with Crippen LogP contribution in [0.2, 0.25) is 0 Å². The second kappa shape index (κ2) is 8.20. The van der Waals surface area contributed by atoms with Crippen LogP contribution in [0.25, 0.3) is 0 Å². The van der Waals surface area contributed by atoms with Gasteiger partial charge in [-0.2, -0.15) is 0 Å². The zero-order valence-corrected chi connectivity index (χ0v) is 17.1. The smallest absolute Gasteiger partial charge is 0.238 e. The minimum atomic E-state index is -0.0932. The summed E-state index contributed by atoms with van der Waals surface area (Å²) in [5, 5.41) is 4.85. The van der Waals surface area contributed by atoms with Crippen molar-refractivity contribution >= 4 is 46.3 Å². The maximum atomic E-state index is 12.5. The number of anilines is 2. The largest absolute Gasteiger partial charge is 0.326 e. The maximum Gasteiger partial charge on any atom is 0.238 e. The van der Waals surface area contributed by atoms with E-state index < -0.39 is 0 Å². The molecule has 0 bridgehead atoms. The third-order valence-electron chi connectivity index (χ3n) is 4.55. The topological polar surface area (TPSA) is 49.4 Å². The normalized spacial score (nSPS) is 16.4. The Hall–Kier alpha value is -2.57. The SMILES string of the molecule is Cc1ccc(N2C(=O)CS[C@H]2c2cccc(NC(=O)Cc3cccs3)c2)cc1. The quantitative estimate of drug-likeness (QED) is 0.645. The first-order valence-corrected chi connectivity index (χ1v) is 11.0. The highest BCUT2D eigenvalue weighted by Gasteiger charge is 2.34. The molecule has 1 aliphatic heterocycles. The van der Waals surface area contributed by atoms with E-state index in [1.807, 2.05) is 77.9 Å². The standard InChI is InChI=1S/C22H20N2O2S2/c1-15-7-9-18(10-8-15)24-21(26)14-28-22(24)16-4-2-5-17(12-16)23-20(25)13-19-6-3-11-27-19/h2-12,22H,13-14H2,1H3,(H,23,25)/t22-/m0/s1. The molecule has 1 saturated heterocycles. The minimum Gasteiger partial charge on any atom is -0.326 e. The lowest BCUT2D eigenvalue weighted by Crippen LogP contribution is -2.27. The number of hydrogen-bond donors (Lipinski definition) is 1. The van der Waals surface area contributed by atoms with E-state index in [1.165, 1.54) is 0 Å². The van der Waals surface area contributed by atoms with Crippen LogP contribution in [0.3, 0.4) is 0 Å². The fraction of sp³-hybridized carbons (Fsp3) is 0.182. The van der Waals surface area contributed by atoms with Crippen molar-refractivity contribution in [2.24, 2.45) is 0 Å². The monoisotopic (exact) mass is 408 g/mol. The van der Waals surface area contributed by atoms with Gasteiger partial charge in [-0.15, -0.1) is 23.1 Å². The Bertz CT molecular complexity index is 984. The molecule has 2 aromatic carbocycles. The van der Waals surface area contributed by atoms with Gasteiger partial charge in [0.1, 0.15) is 5.37 Å². The predicted octanol–water partition coefficient (Wildman–Crippen LogP) is 5.02. The molecule has 142 valence electrons. The summed E-state index contributed by atoms with van der Waals surface area (Å²) in [6, 6.07) is 19.7. The summed E-state index contributed by atoms with van der Waals surface area (Å²) < 4.78 is 0. The summed E-state index contributed by atoms with van der Waals surface area (Å²) in [5.41, 5.74) is 3.82. The molecule has 6 heteroatoms. The fourth-order valence-electron chi connectivity index (χ4n) is 3.20. The van der Waals surface area contributed by atoms with Gasteiger partial charge in [-0.25, -0.2) is 0 Å². The number of aryl methyl sites for hydroxylation is 1. The summed E-state index contributed by atoms with van der Waals surface area (Å²) in [6.07, 6.45) is 0.369. The van der Waals surface area contributed by atoms with Crippen LogP contribution in [0.5, 0.6) is 0 Å². The van der Waals surface area contributed by atoms with Gasteiger partial charge in [0.25, 0.3) is 0 Å². The average molecular weight is 409 g/mol. The third kappa shape index (κ3) is 4.13. The molecule has 1 aromatic heterocycles. The number of amides is 2. The summed E-state index contributed by atoms with van der Waals surface area (Å²) in [4.78, 5) is 27.7. The van der Waals surface area contributed by atoms with Crippen molar-refractivity contribution in [3.8, 4) is 0 Å². The zero-order chi connectivity index (χ0) is 19.5. The highest BCUT2D eigenvalue weighted by atomic mass is 32.2. The molecule has 0 aliphatic carbocycles. The van der Waals surface area contributed by atoms with Gasteiger partial charge in [0.05, 0.1) is 12.2 Å². The van der Waals surface area contributed by atoms with Gasteiger partial charge in [-0.05, 0) is 48.2 Å². The lowest BCUT2D eigenvalue weighted by atomic mass is 10.1. The molecule has 1 fully saturated rings. The van der Waals surface area contributed by atoms with Gasteiger partial charge in [0.15, 0.2) is 0 Å². The van der Waals surface area contributed by atoms with Crippen LogP contribution >= 0.6 is 23.1 Å². The average Bonchev–Trinajstić information content (AvgIpc) is 3.32. The fourth-order valence-corrected chi connectivity index (χ4v) is 5.07. The molecule has 0 unspecified atom stereocenters. The number of thioether (sulfide) groups is 1. The highest BCUT2D eigenvalue weighted by molar-refractivity contribution is 8.00. The van der Waals surface area contributed by atoms with Crippen molar-refractivity contribution in [3.63, 3.8) is 0 Å². The number of carbonyl (C=O) groups is 2. The molecular formula is C22H20N2O2S2. The number of hydrogen-bond acceptors (Lipinski definition) is 4. The molecular weight excluding hydrogens is 388 g/mol. The first kappa shape index (κ1) is 18.8. The van der Waals surface area contributed by atoms with Gasteiger partial charge in [0.2, 0.25) is 11.8 Å². The molecule has 4 rings (SSSR count). The predicted molar refractivity (Wildman–Crippen MR) is 117 cm³/mol. The van der Waals surface area contributed by atoms with Gasteiger partial charge >= 0.3 is 0 Å². The van der Waals surface area contributed by atoms with E-state index >= 15 is 0 Å². The molecule has 1 aliphatic rings. The Balaban J connectivity index is 1.53. The van der Waals surface area contributed by atoms with Crippen LogP contribution < -0.4 is 10.2 Å². The molecule has 3 aromatic rings. The number of thiophene rings is 1. The second-order valence-electron chi connectivity index (χ2n) is 6.69. The Morgan fingerprint density at radius 1 is 1.14 bits per heavy atom. The van der Waals surface area contributed by atoms with E-state index in [2.05, 4.69) is 5.32 Å². The van der Waals surface area contributed by atoms with E-state index in [0.717, 1.165) is 27.4 Å². The van der Waals surface area contributed by atoms with Gasteiger partial charge in [0, 0.05) is 16.3 Å². The van der Waals surface area contributed by atoms with E-state index in [0.29, 0.717) is 12.2 Å². The lowest BCUT2D eigenvalue weighted by Gasteiger charge is -2.25. The Kier molecular flexibility index (Phi) is 5.50. The number of benzene rings is 2. The molecule has 0 radical (unpaired) electrons. The molecule has 0 spiro atoms. The molecule has 0 saturated carbocycles. The van der Waals surface area contributed by atoms with Crippen LogP contribution in [-0.4, -0.2) is 17.6 Å². The van der Waals surface area contributed by atoms with Crippen molar-refractivity contribution < 1.29 is 9.59 Å². The number of rotatable bonds is 5. The molecule has 2 heterocycles. The maximum absolute atomic E-state index is 12.5. The van der Waals surface area contributed by atoms with E-state index in [-0.39, 0.29) is 17.2 Å². The summed E-state index contributed by atoms with van der Waals surface area (Å²) in [7, 11) is 0. The number of nitrogens with zero attached hydrogens (tertiary/aromatic N) is 1. The molecule has 2 amide bonds. The van der Waals surface area contributed by atoms with Crippen LogP contribution in [-0.2, 0) is 16.0 Å². The third-order valence-corrected chi connectivity index (χ3v) is 6.64. The number of nitrogens with one attached hydrogen (secondary N) is 1. The molecule has 1 atom stereocenters. The van der Waals surface area contributed by atoms with E-state index in [1.54, 1.807) is 23.1 Å². The van der Waals surface area contributed by atoms with E-state index in [4.69, 9.17) is 0 Å². The van der Waals surface area contributed by atoms with Crippen molar-refractivity contribution in [2.75, 3.05) is 16.0 Å². The molecule has 1 N–H and O–H groups in total. The first-order valence-electron chi connectivity index (χ1n) is 9.03. The lowest BCUT2D eigenvalue weighted by molar-refractivity contribution is -0.116. The Morgan fingerprint density at radius 2 is 1.96 bits per heavy atom. The van der Waals surface area contributed by atoms with E-state index in [9.17, 15) is 9.59 Å². The van der Waals surface area contributed by atoms with Crippen LogP contribution in [0.4, 0.5) is 11.4 Å². The van der Waals surface area contributed by atoms with Crippen LogP contribution in [0, 0.1) is 6.92 Å². The number of carbonyl (C=O) groups excluding carboxylic acids is 2. The van der Waals surface area contributed by atoms with Crippen molar-refractivity contribution in [1.82, 2.24) is 0 Å². The summed E-state index contributed by atoms with van der Waals surface area (Å²) in [5.74, 6) is 0.518. The van der Waals surface area contributed by atoms with Crippen LogP contribution in [0.1, 0.15) is 21.4 Å². The Morgan fingerprint density at radius 3 is 2.71 bits per heavy atom. The molecule has 28 heavy (non-hydrogen) atoms. The van der Waals surface area contributed by atoms with Crippen molar-refractivity contribution in [1.29, 1.82) is 0 Å². The first-order chi connectivity index (χ1) is 13.6. The van der Waals surface area contributed by atoms with Crippen molar-refractivity contribution in [2.45, 2.75) is 18.7 Å². The highest BCUT2D eigenvalue weighted by Crippen LogP contribution is 2.42. The van der Waals surface area contributed by atoms with Gasteiger partial charge in [-0.1, -0.05) is 35.9 Å². The summed E-state index contributed by atoms with van der Waals surface area (Å²) >= 11 is 3.18. The second-order valence-corrected chi connectivity index (χ2v) is 8.79. The summed E-state index contributed by atoms with van der Waals surface area (Å²) in [6.45, 7) is 2.03. The Labute approximate surface area is 172 Å². The minimum absolute atomic E-state index is 0.0369. The van der Waals surface area contributed by atoms with Gasteiger partial charge in [-0.3, -0.25) is 14.5 Å².